The lowest BCUT2D eigenvalue weighted by Crippen LogP contribution is -2.50. The Hall–Kier alpha value is -0.680. The maximum absolute atomic E-state index is 13.0. The van der Waals surface area contributed by atoms with Gasteiger partial charge in [-0.15, -0.1) is 0 Å². The molecule has 1 aliphatic rings. The van der Waals surface area contributed by atoms with Crippen LogP contribution >= 0.6 is 12.2 Å². The molecule has 21 heavy (non-hydrogen) atoms. The smallest absolute Gasteiger partial charge is 0.235 e. The van der Waals surface area contributed by atoms with E-state index >= 15 is 0 Å². The monoisotopic (exact) mass is 314 g/mol. The minimum absolute atomic E-state index is 0.0873. The van der Waals surface area contributed by atoms with Gasteiger partial charge in [-0.1, -0.05) is 38.9 Å². The van der Waals surface area contributed by atoms with Crippen molar-refractivity contribution in [3.8, 4) is 0 Å². The maximum atomic E-state index is 13.0. The predicted octanol–water partition coefficient (Wildman–Crippen LogP) is 2.74. The molecular weight excluding hydrogens is 284 g/mol. The summed E-state index contributed by atoms with van der Waals surface area (Å²) in [6.07, 6.45) is 5.49. The van der Waals surface area contributed by atoms with Crippen molar-refractivity contribution in [3.63, 3.8) is 0 Å². The van der Waals surface area contributed by atoms with Crippen LogP contribution in [0.4, 0.5) is 0 Å². The van der Waals surface area contributed by atoms with Crippen molar-refractivity contribution in [2.45, 2.75) is 52.4 Å². The molecule has 1 atom stereocenters. The number of hydrogen-bond acceptors (Lipinski definition) is 3. The van der Waals surface area contributed by atoms with Gasteiger partial charge in [0.2, 0.25) is 5.91 Å². The molecule has 0 saturated carbocycles. The Balaban J connectivity index is 2.79. The Kier molecular flexibility index (Phi) is 7.60. The number of ether oxygens (including phenoxy) is 1. The highest BCUT2D eigenvalue weighted by molar-refractivity contribution is 7.80. The first-order chi connectivity index (χ1) is 9.97. The van der Waals surface area contributed by atoms with Crippen molar-refractivity contribution in [2.75, 3.05) is 26.8 Å². The Morgan fingerprint density at radius 2 is 2.00 bits per heavy atom. The SMILES string of the molecule is CCCC(CCC)(C(=O)N(C)CC1CCCOC1)C(N)=S. The Labute approximate surface area is 134 Å². The minimum atomic E-state index is -0.664. The van der Waals surface area contributed by atoms with Crippen molar-refractivity contribution in [3.05, 3.63) is 0 Å². The molecule has 1 heterocycles. The predicted molar refractivity (Wildman–Crippen MR) is 90.2 cm³/mol. The fraction of sp³-hybridized carbons (Fsp3) is 0.875. The minimum Gasteiger partial charge on any atom is -0.392 e. The third kappa shape index (κ3) is 4.65. The molecule has 1 saturated heterocycles. The van der Waals surface area contributed by atoms with E-state index in [0.29, 0.717) is 10.9 Å². The van der Waals surface area contributed by atoms with Gasteiger partial charge < -0.3 is 15.4 Å². The largest absolute Gasteiger partial charge is 0.392 e. The van der Waals surface area contributed by atoms with Crippen LogP contribution < -0.4 is 5.73 Å². The summed E-state index contributed by atoms with van der Waals surface area (Å²) < 4.78 is 5.50. The molecule has 1 aliphatic heterocycles. The molecule has 0 bridgehead atoms. The highest BCUT2D eigenvalue weighted by Crippen LogP contribution is 2.33. The van der Waals surface area contributed by atoms with E-state index in [1.807, 2.05) is 11.9 Å². The zero-order valence-corrected chi connectivity index (χ0v) is 14.5. The Morgan fingerprint density at radius 1 is 1.38 bits per heavy atom. The van der Waals surface area contributed by atoms with Crippen molar-refractivity contribution in [2.24, 2.45) is 17.1 Å². The van der Waals surface area contributed by atoms with Gasteiger partial charge in [0.25, 0.3) is 0 Å². The summed E-state index contributed by atoms with van der Waals surface area (Å²) in [5.74, 6) is 0.518. The molecule has 4 nitrogen and oxygen atoms in total. The van der Waals surface area contributed by atoms with E-state index in [-0.39, 0.29) is 5.91 Å². The van der Waals surface area contributed by atoms with Gasteiger partial charge in [0.05, 0.1) is 17.0 Å². The Bertz CT molecular complexity index is 348. The maximum Gasteiger partial charge on any atom is 0.235 e. The van der Waals surface area contributed by atoms with E-state index in [1.54, 1.807) is 0 Å². The van der Waals surface area contributed by atoms with E-state index in [0.717, 1.165) is 58.3 Å². The van der Waals surface area contributed by atoms with Gasteiger partial charge in [0, 0.05) is 20.2 Å². The second-order valence-electron chi connectivity index (χ2n) is 6.22. The van der Waals surface area contributed by atoms with Crippen LogP contribution in [-0.2, 0) is 9.53 Å². The molecular formula is C16H30N2O2S. The third-order valence-corrected chi connectivity index (χ3v) is 4.76. The number of hydrogen-bond donors (Lipinski definition) is 1. The summed E-state index contributed by atoms with van der Waals surface area (Å²) in [5, 5.41) is 0. The van der Waals surface area contributed by atoms with Gasteiger partial charge in [-0.2, -0.15) is 0 Å². The van der Waals surface area contributed by atoms with Gasteiger partial charge in [-0.05, 0) is 31.6 Å². The van der Waals surface area contributed by atoms with Crippen LogP contribution in [0.15, 0.2) is 0 Å². The first-order valence-electron chi connectivity index (χ1n) is 8.11. The lowest BCUT2D eigenvalue weighted by Gasteiger charge is -2.36. The summed E-state index contributed by atoms with van der Waals surface area (Å²) in [4.78, 5) is 15.2. The lowest BCUT2D eigenvalue weighted by molar-refractivity contribution is -0.138. The number of thiocarbonyl (C=S) groups is 1. The topological polar surface area (TPSA) is 55.6 Å². The molecule has 0 spiro atoms. The lowest BCUT2D eigenvalue weighted by atomic mass is 9.77. The van der Waals surface area contributed by atoms with E-state index < -0.39 is 5.41 Å². The molecule has 2 N–H and O–H groups in total. The fourth-order valence-electron chi connectivity index (χ4n) is 3.33. The van der Waals surface area contributed by atoms with Crippen molar-refractivity contribution < 1.29 is 9.53 Å². The van der Waals surface area contributed by atoms with E-state index in [1.165, 1.54) is 0 Å². The first kappa shape index (κ1) is 18.4. The number of nitrogens with two attached hydrogens (primary N) is 1. The number of nitrogens with zero attached hydrogens (tertiary/aromatic N) is 1. The number of carbonyl (C=O) groups is 1. The summed E-state index contributed by atoms with van der Waals surface area (Å²) >= 11 is 5.27. The highest BCUT2D eigenvalue weighted by Gasteiger charge is 2.41. The van der Waals surface area contributed by atoms with Crippen LogP contribution in [0, 0.1) is 11.3 Å². The van der Waals surface area contributed by atoms with Gasteiger partial charge in [-0.25, -0.2) is 0 Å². The first-order valence-corrected chi connectivity index (χ1v) is 8.52. The molecule has 1 amide bonds. The zero-order valence-electron chi connectivity index (χ0n) is 13.7. The van der Waals surface area contributed by atoms with Crippen LogP contribution in [0.5, 0.6) is 0 Å². The molecule has 1 rings (SSSR count). The molecule has 0 radical (unpaired) electrons. The fourth-order valence-corrected chi connectivity index (χ4v) is 3.62. The standard InChI is InChI=1S/C16H30N2O2S/c1-4-8-16(9-5-2,14(17)21)15(19)18(3)11-13-7-6-10-20-12-13/h13H,4-12H2,1-3H3,(H2,17,21). The van der Waals surface area contributed by atoms with Gasteiger partial charge >= 0.3 is 0 Å². The van der Waals surface area contributed by atoms with E-state index in [4.69, 9.17) is 22.7 Å². The van der Waals surface area contributed by atoms with Crippen molar-refractivity contribution >= 4 is 23.1 Å². The van der Waals surface area contributed by atoms with Gasteiger partial charge in [-0.3, -0.25) is 4.79 Å². The van der Waals surface area contributed by atoms with Crippen LogP contribution in [0.25, 0.3) is 0 Å². The third-order valence-electron chi connectivity index (χ3n) is 4.37. The molecule has 122 valence electrons. The average Bonchev–Trinajstić information content (AvgIpc) is 2.46. The van der Waals surface area contributed by atoms with Crippen molar-refractivity contribution in [1.82, 2.24) is 4.90 Å². The molecule has 5 heteroatoms. The highest BCUT2D eigenvalue weighted by atomic mass is 32.1. The van der Waals surface area contributed by atoms with Crippen LogP contribution in [0.3, 0.4) is 0 Å². The van der Waals surface area contributed by atoms with Gasteiger partial charge in [0.15, 0.2) is 0 Å². The molecule has 1 fully saturated rings. The average molecular weight is 314 g/mol. The molecule has 0 aliphatic carbocycles. The number of amides is 1. The van der Waals surface area contributed by atoms with Gasteiger partial charge in [0.1, 0.15) is 0 Å². The number of rotatable bonds is 8. The second-order valence-corrected chi connectivity index (χ2v) is 6.66. The van der Waals surface area contributed by atoms with Crippen LogP contribution in [0.2, 0.25) is 0 Å². The van der Waals surface area contributed by atoms with Crippen LogP contribution in [-0.4, -0.2) is 42.6 Å². The summed E-state index contributed by atoms with van der Waals surface area (Å²) in [6.45, 7) is 6.47. The Morgan fingerprint density at radius 3 is 2.43 bits per heavy atom. The summed E-state index contributed by atoms with van der Waals surface area (Å²) in [7, 11) is 1.87. The summed E-state index contributed by atoms with van der Waals surface area (Å²) in [6, 6.07) is 0. The van der Waals surface area contributed by atoms with E-state index in [2.05, 4.69) is 13.8 Å². The zero-order chi connectivity index (χ0) is 15.9. The quantitative estimate of drug-likeness (QED) is 0.700. The van der Waals surface area contributed by atoms with E-state index in [9.17, 15) is 4.79 Å². The van der Waals surface area contributed by atoms with Crippen LogP contribution in [0.1, 0.15) is 52.4 Å². The number of carbonyl (C=O) groups excluding carboxylic acids is 1. The molecule has 0 aromatic rings. The summed E-state index contributed by atoms with van der Waals surface area (Å²) in [5.41, 5.74) is 5.31. The molecule has 0 aromatic carbocycles. The second kappa shape index (κ2) is 8.69. The molecule has 1 unspecified atom stereocenters. The normalized spacial score (nSPS) is 19.3. The molecule has 0 aromatic heterocycles. The van der Waals surface area contributed by atoms with Crippen molar-refractivity contribution in [1.29, 1.82) is 0 Å².